The van der Waals surface area contributed by atoms with Gasteiger partial charge in [-0.2, -0.15) is 13.2 Å². The number of carbonyl (C=O) groups excluding carboxylic acids is 1. The van der Waals surface area contributed by atoms with Crippen molar-refractivity contribution in [2.24, 2.45) is 5.18 Å². The Morgan fingerprint density at radius 1 is 1.44 bits per heavy atom. The van der Waals surface area contributed by atoms with Crippen LogP contribution < -0.4 is 0 Å². The molecule has 0 spiro atoms. The smallest absolute Gasteiger partial charge is 0.389 e. The number of hydrogen-bond acceptors (Lipinski definition) is 5. The molecule has 92 valence electrons. The summed E-state index contributed by atoms with van der Waals surface area (Å²) < 4.78 is 39.6. The van der Waals surface area contributed by atoms with E-state index in [1.54, 1.807) is 0 Å². The minimum atomic E-state index is -4.49. The first kappa shape index (κ1) is 14.4. The van der Waals surface area contributed by atoms with Crippen molar-refractivity contribution in [3.8, 4) is 0 Å². The number of ether oxygens (including phenoxy) is 1. The molecule has 0 aliphatic heterocycles. The van der Waals surface area contributed by atoms with Crippen LogP contribution in [0.2, 0.25) is 0 Å². The molecule has 0 atom stereocenters. The van der Waals surface area contributed by atoms with Gasteiger partial charge in [-0.3, -0.25) is 0 Å². The fraction of sp³-hybridized carbons (Fsp3) is 0.625. The lowest BCUT2D eigenvalue weighted by Gasteiger charge is -2.06. The van der Waals surface area contributed by atoms with Gasteiger partial charge in [0, 0.05) is 6.42 Å². The van der Waals surface area contributed by atoms with Crippen LogP contribution in [0.5, 0.6) is 0 Å². The van der Waals surface area contributed by atoms with Crippen LogP contribution in [0.3, 0.4) is 0 Å². The van der Waals surface area contributed by atoms with Gasteiger partial charge in [0.05, 0.1) is 13.0 Å². The van der Waals surface area contributed by atoms with Crippen LogP contribution in [0.4, 0.5) is 13.2 Å². The summed E-state index contributed by atoms with van der Waals surface area (Å²) in [6.07, 6.45) is -6.72. The van der Waals surface area contributed by atoms with Crippen molar-refractivity contribution in [2.75, 3.05) is 6.61 Å². The van der Waals surface area contributed by atoms with E-state index in [1.807, 2.05) is 0 Å². The van der Waals surface area contributed by atoms with Crippen LogP contribution in [0, 0.1) is 4.91 Å². The first-order valence-electron chi connectivity index (χ1n) is 4.31. The Morgan fingerprint density at radius 2 is 2.00 bits per heavy atom. The number of aliphatic hydroxyl groups excluding tert-OH is 1. The number of nitroso groups, excluding NO2 is 1. The van der Waals surface area contributed by atoms with Crippen molar-refractivity contribution >= 4 is 5.97 Å². The van der Waals surface area contributed by atoms with Gasteiger partial charge in [0.2, 0.25) is 5.70 Å². The van der Waals surface area contributed by atoms with E-state index in [-0.39, 0.29) is 6.61 Å². The lowest BCUT2D eigenvalue weighted by atomic mass is 10.2. The van der Waals surface area contributed by atoms with Gasteiger partial charge >= 0.3 is 12.1 Å². The van der Waals surface area contributed by atoms with Crippen LogP contribution >= 0.6 is 0 Å². The van der Waals surface area contributed by atoms with Gasteiger partial charge in [-0.1, -0.05) is 0 Å². The topological polar surface area (TPSA) is 76.0 Å². The number of aliphatic hydroxyl groups is 1. The van der Waals surface area contributed by atoms with E-state index in [1.165, 1.54) is 6.92 Å². The van der Waals surface area contributed by atoms with Crippen LogP contribution in [-0.4, -0.2) is 23.9 Å². The molecule has 0 unspecified atom stereocenters. The fourth-order valence-electron chi connectivity index (χ4n) is 0.786. The zero-order valence-corrected chi connectivity index (χ0v) is 8.37. The molecular weight excluding hydrogens is 231 g/mol. The number of nitrogens with zero attached hydrogens (tertiary/aromatic N) is 1. The van der Waals surface area contributed by atoms with Gasteiger partial charge in [-0.15, -0.1) is 4.91 Å². The summed E-state index contributed by atoms with van der Waals surface area (Å²) in [7, 11) is 0. The average Bonchev–Trinajstić information content (AvgIpc) is 2.15. The Hall–Kier alpha value is -1.60. The molecule has 0 aromatic rings. The number of carbonyl (C=O) groups is 1. The van der Waals surface area contributed by atoms with E-state index in [2.05, 4.69) is 9.91 Å². The second-order valence-electron chi connectivity index (χ2n) is 2.72. The standard InChI is InChI=1S/C8H10F3NO4/c1-2-16-7(14)6(12-15)5(13)3-4-8(9,10)11/h13H,2-4H2,1H3/b6-5-. The van der Waals surface area contributed by atoms with Crippen molar-refractivity contribution in [1.82, 2.24) is 0 Å². The Bertz CT molecular complexity index is 298. The second-order valence-corrected chi connectivity index (χ2v) is 2.72. The lowest BCUT2D eigenvalue weighted by Crippen LogP contribution is -2.11. The van der Waals surface area contributed by atoms with Gasteiger partial charge < -0.3 is 9.84 Å². The number of alkyl halides is 3. The third-order valence-corrected chi connectivity index (χ3v) is 1.48. The number of allylic oxidation sites excluding steroid dienone is 1. The number of hydrogen-bond donors (Lipinski definition) is 1. The summed E-state index contributed by atoms with van der Waals surface area (Å²) in [5, 5.41) is 11.2. The highest BCUT2D eigenvalue weighted by molar-refractivity contribution is 5.88. The molecule has 0 amide bonds. The van der Waals surface area contributed by atoms with Crippen molar-refractivity contribution in [1.29, 1.82) is 0 Å². The molecular formula is C8H10F3NO4. The minimum Gasteiger partial charge on any atom is -0.510 e. The minimum absolute atomic E-state index is 0.0790. The maximum atomic E-state index is 11.8. The predicted octanol–water partition coefficient (Wildman–Crippen LogP) is 2.43. The Labute approximate surface area is 88.9 Å². The molecule has 0 aromatic heterocycles. The van der Waals surface area contributed by atoms with Crippen molar-refractivity contribution in [3.63, 3.8) is 0 Å². The van der Waals surface area contributed by atoms with E-state index < -0.39 is 36.4 Å². The molecule has 0 radical (unpaired) electrons. The van der Waals surface area contributed by atoms with Gasteiger partial charge in [-0.25, -0.2) is 4.79 Å². The average molecular weight is 241 g/mol. The van der Waals surface area contributed by atoms with Gasteiger partial charge in [0.15, 0.2) is 0 Å². The second kappa shape index (κ2) is 6.09. The molecule has 0 bridgehead atoms. The summed E-state index contributed by atoms with van der Waals surface area (Å²) in [6.45, 7) is 1.36. The molecule has 1 N–H and O–H groups in total. The van der Waals surface area contributed by atoms with Crippen LogP contribution in [-0.2, 0) is 9.53 Å². The van der Waals surface area contributed by atoms with Crippen molar-refractivity contribution < 1.29 is 27.8 Å². The quantitative estimate of drug-likeness (QED) is 0.347. The summed E-state index contributed by atoms with van der Waals surface area (Å²) in [5.74, 6) is -2.26. The normalized spacial score (nSPS) is 13.0. The Balaban J connectivity index is 4.62. The van der Waals surface area contributed by atoms with Crippen LogP contribution in [0.15, 0.2) is 16.6 Å². The SMILES string of the molecule is CCOC(=O)/C(N=O)=C(/O)CCC(F)(F)F. The maximum absolute atomic E-state index is 11.8. The van der Waals surface area contributed by atoms with E-state index >= 15 is 0 Å². The molecule has 0 fully saturated rings. The molecule has 8 heteroatoms. The van der Waals surface area contributed by atoms with Crippen molar-refractivity contribution in [2.45, 2.75) is 25.9 Å². The third kappa shape index (κ3) is 5.32. The molecule has 16 heavy (non-hydrogen) atoms. The molecule has 0 aliphatic carbocycles. The predicted molar refractivity (Wildman–Crippen MR) is 47.4 cm³/mol. The molecule has 5 nitrogen and oxygen atoms in total. The Morgan fingerprint density at radius 3 is 2.38 bits per heavy atom. The summed E-state index contributed by atoms with van der Waals surface area (Å²) in [5.41, 5.74) is -1.02. The summed E-state index contributed by atoms with van der Waals surface area (Å²) >= 11 is 0. The molecule has 0 heterocycles. The van der Waals surface area contributed by atoms with E-state index in [9.17, 15) is 22.9 Å². The molecule has 0 rings (SSSR count). The zero-order valence-electron chi connectivity index (χ0n) is 8.37. The van der Waals surface area contributed by atoms with Crippen LogP contribution in [0.1, 0.15) is 19.8 Å². The number of esters is 1. The van der Waals surface area contributed by atoms with E-state index in [0.29, 0.717) is 0 Å². The highest BCUT2D eigenvalue weighted by atomic mass is 19.4. The number of halogens is 3. The first-order chi connectivity index (χ1) is 7.31. The van der Waals surface area contributed by atoms with Crippen LogP contribution in [0.25, 0.3) is 0 Å². The molecule has 0 saturated carbocycles. The maximum Gasteiger partial charge on any atom is 0.389 e. The third-order valence-electron chi connectivity index (χ3n) is 1.48. The van der Waals surface area contributed by atoms with Gasteiger partial charge in [-0.05, 0) is 12.1 Å². The highest BCUT2D eigenvalue weighted by Crippen LogP contribution is 2.24. The fourth-order valence-corrected chi connectivity index (χ4v) is 0.786. The lowest BCUT2D eigenvalue weighted by molar-refractivity contribution is -0.140. The first-order valence-corrected chi connectivity index (χ1v) is 4.31. The Kier molecular flexibility index (Phi) is 5.48. The summed E-state index contributed by atoms with van der Waals surface area (Å²) in [4.78, 5) is 21.1. The highest BCUT2D eigenvalue weighted by Gasteiger charge is 2.28. The van der Waals surface area contributed by atoms with E-state index in [4.69, 9.17) is 5.11 Å². The largest absolute Gasteiger partial charge is 0.510 e. The molecule has 0 aromatic carbocycles. The van der Waals surface area contributed by atoms with Gasteiger partial charge in [0.1, 0.15) is 5.76 Å². The zero-order chi connectivity index (χ0) is 12.8. The number of rotatable bonds is 5. The summed E-state index contributed by atoms with van der Waals surface area (Å²) in [6, 6.07) is 0. The molecule has 0 saturated heterocycles. The van der Waals surface area contributed by atoms with Crippen molar-refractivity contribution in [3.05, 3.63) is 16.4 Å². The van der Waals surface area contributed by atoms with E-state index in [0.717, 1.165) is 0 Å². The molecule has 0 aliphatic rings. The van der Waals surface area contributed by atoms with Gasteiger partial charge in [0.25, 0.3) is 0 Å². The monoisotopic (exact) mass is 241 g/mol.